The maximum atomic E-state index is 13.6. The number of oxazole rings is 1. The molecule has 4 aromatic rings. The van der Waals surface area contributed by atoms with Gasteiger partial charge in [0.2, 0.25) is 16.0 Å². The minimum Gasteiger partial charge on any atom is -0.446 e. The molecule has 14 heteroatoms. The van der Waals surface area contributed by atoms with Crippen molar-refractivity contribution in [3.63, 3.8) is 0 Å². The van der Waals surface area contributed by atoms with E-state index in [2.05, 4.69) is 20.2 Å². The van der Waals surface area contributed by atoms with Gasteiger partial charge in [-0.15, -0.1) is 0 Å². The minimum absolute atomic E-state index is 0.0343. The molecule has 2 aliphatic rings. The Bertz CT molecular complexity index is 1910. The monoisotopic (exact) mass is 611 g/mol. The number of hydrogen-bond donors (Lipinski definition) is 2. The SMILES string of the molecule is Cc1cc([C@@H](C)Nc2ccc(Cl)nc2C(=O)NS(C)(=O)=O)c2nc(N3C[C@@H]4C(c5cnc(C)o5)[C@@H]4C3)n(C)c(=O)c2c1. The number of fused-ring (bicyclic) bond motifs is 2. The Morgan fingerprint density at radius 1 is 1.17 bits per heavy atom. The number of aromatic nitrogens is 4. The van der Waals surface area contributed by atoms with Crippen LogP contribution in [0.5, 0.6) is 0 Å². The van der Waals surface area contributed by atoms with E-state index in [0.29, 0.717) is 40.5 Å². The highest BCUT2D eigenvalue weighted by atomic mass is 35.5. The standard InChI is InChI=1S/C28H30ClN7O5S/c1-13-8-16(14(2)31-20-6-7-22(29)32-25(20)26(37)34-42(5,39)40)24-17(9-13)27(38)35(4)28(33-24)36-11-18-19(12-36)23(18)21-10-30-15(3)41-21/h6-10,14,18-19,23,31H,11-12H2,1-5H3,(H,34,37)/t14-,18-,19+,23?/m1/s1. The van der Waals surface area contributed by atoms with Crippen molar-refractivity contribution in [3.05, 3.63) is 74.4 Å². The number of nitrogens with one attached hydrogen (secondary N) is 2. The van der Waals surface area contributed by atoms with E-state index in [9.17, 15) is 18.0 Å². The highest BCUT2D eigenvalue weighted by molar-refractivity contribution is 7.89. The number of pyridine rings is 1. The number of carbonyl (C=O) groups is 1. The van der Waals surface area contributed by atoms with Crippen LogP contribution in [-0.2, 0) is 17.1 Å². The lowest BCUT2D eigenvalue weighted by molar-refractivity contribution is 0.0977. The molecule has 2 N–H and O–H groups in total. The van der Waals surface area contributed by atoms with Crippen LogP contribution in [0.4, 0.5) is 11.6 Å². The molecule has 1 unspecified atom stereocenters. The molecule has 0 radical (unpaired) electrons. The fraction of sp³-hybridized carbons (Fsp3) is 0.393. The molecule has 4 heterocycles. The first-order chi connectivity index (χ1) is 19.8. The smallest absolute Gasteiger partial charge is 0.285 e. The number of aryl methyl sites for hydroxylation is 2. The number of amides is 1. The molecule has 0 bridgehead atoms. The summed E-state index contributed by atoms with van der Waals surface area (Å²) in [6.45, 7) is 7.12. The summed E-state index contributed by atoms with van der Waals surface area (Å²) < 4.78 is 32.7. The number of hydrogen-bond acceptors (Lipinski definition) is 10. The largest absolute Gasteiger partial charge is 0.446 e. The first kappa shape index (κ1) is 28.2. The summed E-state index contributed by atoms with van der Waals surface area (Å²) in [6.07, 6.45) is 2.69. The van der Waals surface area contributed by atoms with Gasteiger partial charge in [0.25, 0.3) is 11.5 Å². The van der Waals surface area contributed by atoms with Gasteiger partial charge in [0.1, 0.15) is 10.9 Å². The molecule has 1 aliphatic heterocycles. The van der Waals surface area contributed by atoms with Crippen molar-refractivity contribution >= 4 is 50.1 Å². The van der Waals surface area contributed by atoms with Crippen LogP contribution in [0, 0.1) is 25.7 Å². The van der Waals surface area contributed by atoms with Gasteiger partial charge >= 0.3 is 0 Å². The number of sulfonamides is 1. The van der Waals surface area contributed by atoms with Crippen LogP contribution in [0.15, 0.2) is 39.7 Å². The van der Waals surface area contributed by atoms with Gasteiger partial charge < -0.3 is 14.6 Å². The van der Waals surface area contributed by atoms with Crippen molar-refractivity contribution in [1.29, 1.82) is 0 Å². The van der Waals surface area contributed by atoms with Gasteiger partial charge in [-0.3, -0.25) is 14.2 Å². The molecule has 12 nitrogen and oxygen atoms in total. The van der Waals surface area contributed by atoms with Crippen LogP contribution in [0.2, 0.25) is 5.15 Å². The molecule has 0 spiro atoms. The lowest BCUT2D eigenvalue weighted by atomic mass is 10.0. The average molecular weight is 612 g/mol. The summed E-state index contributed by atoms with van der Waals surface area (Å²) in [4.78, 5) is 41.8. The first-order valence-corrected chi connectivity index (χ1v) is 15.7. The van der Waals surface area contributed by atoms with Crippen LogP contribution in [0.3, 0.4) is 0 Å². The molecule has 220 valence electrons. The Kier molecular flexibility index (Phi) is 6.76. The van der Waals surface area contributed by atoms with Gasteiger partial charge in [-0.05, 0) is 49.4 Å². The fourth-order valence-electron chi connectivity index (χ4n) is 6.05. The van der Waals surface area contributed by atoms with Crippen LogP contribution in [-0.4, -0.2) is 53.2 Å². The third-order valence-corrected chi connectivity index (χ3v) is 8.73. The lowest BCUT2D eigenvalue weighted by Crippen LogP contribution is -2.32. The summed E-state index contributed by atoms with van der Waals surface area (Å²) in [5, 5.41) is 3.76. The van der Waals surface area contributed by atoms with Crippen molar-refractivity contribution in [2.45, 2.75) is 32.7 Å². The van der Waals surface area contributed by atoms with Gasteiger partial charge in [0.05, 0.1) is 35.1 Å². The molecular formula is C28H30ClN7O5S. The van der Waals surface area contributed by atoms with E-state index in [1.807, 2.05) is 43.8 Å². The molecule has 1 aliphatic carbocycles. The molecule has 4 atom stereocenters. The Balaban J connectivity index is 1.33. The van der Waals surface area contributed by atoms with Crippen LogP contribution < -0.4 is 20.5 Å². The zero-order chi connectivity index (χ0) is 30.1. The van der Waals surface area contributed by atoms with E-state index in [1.54, 1.807) is 17.7 Å². The zero-order valence-electron chi connectivity index (χ0n) is 23.7. The number of anilines is 2. The molecule has 1 aromatic carbocycles. The minimum atomic E-state index is -3.83. The van der Waals surface area contributed by atoms with Gasteiger partial charge in [-0.25, -0.2) is 28.1 Å². The Labute approximate surface area is 247 Å². The second-order valence-electron chi connectivity index (χ2n) is 11.2. The topological polar surface area (TPSA) is 152 Å². The molecule has 3 aromatic heterocycles. The van der Waals surface area contributed by atoms with Crippen molar-refractivity contribution in [2.24, 2.45) is 18.9 Å². The molecule has 2 fully saturated rings. The fourth-order valence-corrected chi connectivity index (χ4v) is 6.63. The number of benzene rings is 1. The predicted octanol–water partition coefficient (Wildman–Crippen LogP) is 3.30. The summed E-state index contributed by atoms with van der Waals surface area (Å²) >= 11 is 6.03. The van der Waals surface area contributed by atoms with E-state index in [4.69, 9.17) is 21.0 Å². The number of piperidine rings is 1. The summed E-state index contributed by atoms with van der Waals surface area (Å²) in [7, 11) is -2.09. The Morgan fingerprint density at radius 3 is 2.52 bits per heavy atom. The van der Waals surface area contributed by atoms with Crippen molar-refractivity contribution < 1.29 is 17.6 Å². The van der Waals surface area contributed by atoms with Crippen LogP contribution >= 0.6 is 11.6 Å². The predicted molar refractivity (Wildman–Crippen MR) is 158 cm³/mol. The summed E-state index contributed by atoms with van der Waals surface area (Å²) in [5.74, 6) is 2.42. The highest BCUT2D eigenvalue weighted by Gasteiger charge is 2.58. The molecule has 1 amide bonds. The zero-order valence-corrected chi connectivity index (χ0v) is 25.2. The Hall–Kier alpha value is -3.97. The van der Waals surface area contributed by atoms with E-state index in [0.717, 1.165) is 36.2 Å². The van der Waals surface area contributed by atoms with E-state index in [-0.39, 0.29) is 22.1 Å². The third kappa shape index (κ3) is 5.11. The quantitative estimate of drug-likeness (QED) is 0.298. The van der Waals surface area contributed by atoms with Crippen molar-refractivity contribution in [3.8, 4) is 0 Å². The Morgan fingerprint density at radius 2 is 1.88 bits per heavy atom. The number of rotatable bonds is 7. The summed E-state index contributed by atoms with van der Waals surface area (Å²) in [5.41, 5.74) is 2.11. The molecular weight excluding hydrogens is 582 g/mol. The number of nitrogens with zero attached hydrogens (tertiary/aromatic N) is 5. The highest BCUT2D eigenvalue weighted by Crippen LogP contribution is 2.58. The molecule has 6 rings (SSSR count). The lowest BCUT2D eigenvalue weighted by Gasteiger charge is -2.25. The van der Waals surface area contributed by atoms with E-state index in [1.165, 1.54) is 6.07 Å². The second kappa shape index (κ2) is 10.1. The maximum absolute atomic E-state index is 13.6. The van der Waals surface area contributed by atoms with E-state index < -0.39 is 22.0 Å². The first-order valence-electron chi connectivity index (χ1n) is 13.4. The second-order valence-corrected chi connectivity index (χ2v) is 13.3. The van der Waals surface area contributed by atoms with Crippen LogP contribution in [0.25, 0.3) is 10.9 Å². The summed E-state index contributed by atoms with van der Waals surface area (Å²) in [6, 6.07) is 6.38. The number of halogens is 1. The molecule has 1 saturated carbocycles. The molecule has 1 saturated heterocycles. The normalized spacial score (nSPS) is 20.4. The van der Waals surface area contributed by atoms with Gasteiger partial charge in [0, 0.05) is 38.5 Å². The van der Waals surface area contributed by atoms with Crippen LogP contribution in [0.1, 0.15) is 52.1 Å². The van der Waals surface area contributed by atoms with Gasteiger partial charge in [-0.2, -0.15) is 0 Å². The van der Waals surface area contributed by atoms with Gasteiger partial charge in [-0.1, -0.05) is 17.7 Å². The van der Waals surface area contributed by atoms with Gasteiger partial charge in [0.15, 0.2) is 11.6 Å². The number of carbonyl (C=O) groups excluding carboxylic acids is 1. The maximum Gasteiger partial charge on any atom is 0.285 e. The van der Waals surface area contributed by atoms with Crippen molar-refractivity contribution in [2.75, 3.05) is 29.6 Å². The van der Waals surface area contributed by atoms with Crippen molar-refractivity contribution in [1.82, 2.24) is 24.2 Å². The van der Waals surface area contributed by atoms with E-state index >= 15 is 0 Å². The average Bonchev–Trinajstić information content (AvgIpc) is 3.20. The molecule has 42 heavy (non-hydrogen) atoms. The third-order valence-electron chi connectivity index (χ3n) is 7.97.